The number of aliphatic hydroxyl groups excluding tert-OH is 1. The SMILES string of the molecule is CCc1ccc(NC(=O)c2oc3cccc(CO)c3c2N)nc1. The number of pyridine rings is 1. The number of carbonyl (C=O) groups is 1. The van der Waals surface area contributed by atoms with Gasteiger partial charge in [-0.3, -0.25) is 4.79 Å². The molecule has 118 valence electrons. The number of hydrogen-bond donors (Lipinski definition) is 3. The highest BCUT2D eigenvalue weighted by Gasteiger charge is 2.20. The number of aliphatic hydroxyl groups is 1. The molecule has 0 atom stereocenters. The second-order valence-corrected chi connectivity index (χ2v) is 5.15. The second kappa shape index (κ2) is 6.10. The second-order valence-electron chi connectivity index (χ2n) is 5.15. The number of benzene rings is 1. The van der Waals surface area contributed by atoms with Gasteiger partial charge in [0, 0.05) is 11.6 Å². The summed E-state index contributed by atoms with van der Waals surface area (Å²) >= 11 is 0. The summed E-state index contributed by atoms with van der Waals surface area (Å²) in [6, 6.07) is 8.81. The van der Waals surface area contributed by atoms with E-state index in [0.717, 1.165) is 12.0 Å². The van der Waals surface area contributed by atoms with E-state index >= 15 is 0 Å². The van der Waals surface area contributed by atoms with Gasteiger partial charge in [-0.15, -0.1) is 0 Å². The fraction of sp³-hybridized carbons (Fsp3) is 0.176. The first-order valence-corrected chi connectivity index (χ1v) is 7.31. The normalized spacial score (nSPS) is 10.9. The lowest BCUT2D eigenvalue weighted by Gasteiger charge is -2.04. The van der Waals surface area contributed by atoms with E-state index in [0.29, 0.717) is 22.4 Å². The van der Waals surface area contributed by atoms with Crippen molar-refractivity contribution < 1.29 is 14.3 Å². The van der Waals surface area contributed by atoms with Crippen LogP contribution in [0.4, 0.5) is 11.5 Å². The first-order valence-electron chi connectivity index (χ1n) is 7.31. The number of aryl methyl sites for hydroxylation is 1. The maximum atomic E-state index is 12.4. The van der Waals surface area contributed by atoms with Crippen molar-refractivity contribution in [2.45, 2.75) is 20.0 Å². The number of carbonyl (C=O) groups excluding carboxylic acids is 1. The molecule has 0 fully saturated rings. The minimum Gasteiger partial charge on any atom is -0.449 e. The Bertz CT molecular complexity index is 853. The average molecular weight is 311 g/mol. The van der Waals surface area contributed by atoms with E-state index in [2.05, 4.69) is 10.3 Å². The van der Waals surface area contributed by atoms with Crippen molar-refractivity contribution in [3.8, 4) is 0 Å². The summed E-state index contributed by atoms with van der Waals surface area (Å²) in [7, 11) is 0. The zero-order valence-corrected chi connectivity index (χ0v) is 12.7. The number of nitrogens with one attached hydrogen (secondary N) is 1. The van der Waals surface area contributed by atoms with Crippen LogP contribution in [0.5, 0.6) is 0 Å². The van der Waals surface area contributed by atoms with Crippen molar-refractivity contribution in [1.82, 2.24) is 4.98 Å². The van der Waals surface area contributed by atoms with Crippen molar-refractivity contribution in [2.75, 3.05) is 11.1 Å². The molecule has 0 radical (unpaired) electrons. The summed E-state index contributed by atoms with van der Waals surface area (Å²) in [5.74, 6) is -0.0314. The van der Waals surface area contributed by atoms with Crippen LogP contribution in [-0.4, -0.2) is 16.0 Å². The number of fused-ring (bicyclic) bond motifs is 1. The van der Waals surface area contributed by atoms with E-state index in [9.17, 15) is 9.90 Å². The third-order valence-electron chi connectivity index (χ3n) is 3.69. The van der Waals surface area contributed by atoms with Crippen molar-refractivity contribution in [1.29, 1.82) is 0 Å². The minimum atomic E-state index is -0.473. The number of amides is 1. The summed E-state index contributed by atoms with van der Waals surface area (Å²) in [6.07, 6.45) is 2.59. The lowest BCUT2D eigenvalue weighted by Crippen LogP contribution is -2.13. The van der Waals surface area contributed by atoms with Crippen LogP contribution in [0.15, 0.2) is 40.9 Å². The van der Waals surface area contributed by atoms with Gasteiger partial charge in [0.2, 0.25) is 5.76 Å². The third-order valence-corrected chi connectivity index (χ3v) is 3.69. The van der Waals surface area contributed by atoms with Gasteiger partial charge in [-0.05, 0) is 29.7 Å². The molecule has 2 aromatic heterocycles. The molecule has 0 aliphatic carbocycles. The molecular weight excluding hydrogens is 294 g/mol. The molecule has 0 aliphatic rings. The maximum absolute atomic E-state index is 12.4. The van der Waals surface area contributed by atoms with Gasteiger partial charge in [0.15, 0.2) is 0 Å². The summed E-state index contributed by atoms with van der Waals surface area (Å²) in [4.78, 5) is 16.5. The molecule has 6 heteroatoms. The van der Waals surface area contributed by atoms with Crippen molar-refractivity contribution in [2.24, 2.45) is 0 Å². The summed E-state index contributed by atoms with van der Waals surface area (Å²) in [5.41, 5.74) is 8.41. The van der Waals surface area contributed by atoms with E-state index in [-0.39, 0.29) is 18.1 Å². The third kappa shape index (κ3) is 2.76. The number of nitrogens with two attached hydrogens (primary N) is 1. The van der Waals surface area contributed by atoms with Crippen molar-refractivity contribution in [3.05, 3.63) is 53.4 Å². The van der Waals surface area contributed by atoms with E-state index in [4.69, 9.17) is 10.2 Å². The summed E-state index contributed by atoms with van der Waals surface area (Å²) in [5, 5.41) is 12.6. The Hall–Kier alpha value is -2.86. The van der Waals surface area contributed by atoms with E-state index in [1.54, 1.807) is 30.5 Å². The van der Waals surface area contributed by atoms with Gasteiger partial charge >= 0.3 is 0 Å². The molecular formula is C17H17N3O3. The quantitative estimate of drug-likeness (QED) is 0.687. The fourth-order valence-corrected chi connectivity index (χ4v) is 2.43. The van der Waals surface area contributed by atoms with Crippen LogP contribution in [-0.2, 0) is 13.0 Å². The Kier molecular flexibility index (Phi) is 3.99. The van der Waals surface area contributed by atoms with Gasteiger partial charge < -0.3 is 20.6 Å². The Morgan fingerprint density at radius 1 is 1.35 bits per heavy atom. The van der Waals surface area contributed by atoms with Crippen LogP contribution >= 0.6 is 0 Å². The monoisotopic (exact) mass is 311 g/mol. The highest BCUT2D eigenvalue weighted by molar-refractivity contribution is 6.11. The molecule has 0 saturated carbocycles. The molecule has 1 amide bonds. The van der Waals surface area contributed by atoms with Crippen LogP contribution in [0.2, 0.25) is 0 Å². The molecule has 6 nitrogen and oxygen atoms in total. The number of nitrogens with zero attached hydrogens (tertiary/aromatic N) is 1. The molecule has 1 aromatic carbocycles. The number of hydrogen-bond acceptors (Lipinski definition) is 5. The van der Waals surface area contributed by atoms with Gasteiger partial charge in [0.05, 0.1) is 12.3 Å². The van der Waals surface area contributed by atoms with E-state index < -0.39 is 5.91 Å². The molecule has 4 N–H and O–H groups in total. The lowest BCUT2D eigenvalue weighted by atomic mass is 10.1. The smallest absolute Gasteiger partial charge is 0.294 e. The number of anilines is 2. The maximum Gasteiger partial charge on any atom is 0.294 e. The Balaban J connectivity index is 1.93. The zero-order chi connectivity index (χ0) is 16.4. The van der Waals surface area contributed by atoms with Crippen LogP contribution in [0.1, 0.15) is 28.6 Å². The first-order chi connectivity index (χ1) is 11.1. The minimum absolute atomic E-state index is 0.0160. The highest BCUT2D eigenvalue weighted by atomic mass is 16.3. The van der Waals surface area contributed by atoms with Crippen LogP contribution in [0.3, 0.4) is 0 Å². The van der Waals surface area contributed by atoms with Gasteiger partial charge in [-0.25, -0.2) is 4.98 Å². The molecule has 0 saturated heterocycles. The van der Waals surface area contributed by atoms with Gasteiger partial charge in [-0.2, -0.15) is 0 Å². The van der Waals surface area contributed by atoms with Gasteiger partial charge in [0.1, 0.15) is 11.4 Å². The van der Waals surface area contributed by atoms with E-state index in [1.807, 2.05) is 13.0 Å². The number of nitrogen functional groups attached to an aromatic ring is 1. The predicted molar refractivity (Wildman–Crippen MR) is 88.1 cm³/mol. The van der Waals surface area contributed by atoms with Gasteiger partial charge in [-0.1, -0.05) is 25.1 Å². The van der Waals surface area contributed by atoms with Crippen LogP contribution in [0, 0.1) is 0 Å². The first kappa shape index (κ1) is 15.1. The highest BCUT2D eigenvalue weighted by Crippen LogP contribution is 2.31. The Morgan fingerprint density at radius 3 is 2.83 bits per heavy atom. The molecule has 3 aromatic rings. The van der Waals surface area contributed by atoms with Crippen molar-refractivity contribution in [3.63, 3.8) is 0 Å². The number of rotatable bonds is 4. The molecule has 0 spiro atoms. The molecule has 3 rings (SSSR count). The largest absolute Gasteiger partial charge is 0.449 e. The lowest BCUT2D eigenvalue weighted by molar-refractivity contribution is 0.0999. The molecule has 23 heavy (non-hydrogen) atoms. The molecule has 2 heterocycles. The molecule has 0 unspecified atom stereocenters. The Morgan fingerprint density at radius 2 is 2.17 bits per heavy atom. The average Bonchev–Trinajstić information content (AvgIpc) is 2.93. The summed E-state index contributed by atoms with van der Waals surface area (Å²) in [6.45, 7) is 1.85. The van der Waals surface area contributed by atoms with Crippen molar-refractivity contribution >= 4 is 28.4 Å². The van der Waals surface area contributed by atoms with Crippen LogP contribution in [0.25, 0.3) is 11.0 Å². The predicted octanol–water partition coefficient (Wildman–Crippen LogP) is 2.72. The number of aromatic nitrogens is 1. The van der Waals surface area contributed by atoms with Crippen LogP contribution < -0.4 is 11.1 Å². The topological polar surface area (TPSA) is 101 Å². The van der Waals surface area contributed by atoms with E-state index in [1.165, 1.54) is 0 Å². The zero-order valence-electron chi connectivity index (χ0n) is 12.7. The fourth-order valence-electron chi connectivity index (χ4n) is 2.43. The Labute approximate surface area is 132 Å². The molecule has 0 aliphatic heterocycles. The van der Waals surface area contributed by atoms with Gasteiger partial charge in [0.25, 0.3) is 5.91 Å². The molecule has 0 bridgehead atoms. The standard InChI is InChI=1S/C17H17N3O3/c1-2-10-6-7-13(19-8-10)20-17(22)16-15(18)14-11(9-21)4-3-5-12(14)23-16/h3-8,21H,2,9,18H2,1H3,(H,19,20,22). The summed E-state index contributed by atoms with van der Waals surface area (Å²) < 4.78 is 5.54. The number of furan rings is 1.